The van der Waals surface area contributed by atoms with Crippen LogP contribution in [0.3, 0.4) is 0 Å². The van der Waals surface area contributed by atoms with Crippen molar-refractivity contribution in [3.8, 4) is 0 Å². The van der Waals surface area contributed by atoms with Gasteiger partial charge in [0.15, 0.2) is 0 Å². The van der Waals surface area contributed by atoms with Crippen LogP contribution in [0.1, 0.15) is 32.3 Å². The van der Waals surface area contributed by atoms with Crippen LogP contribution in [0.25, 0.3) is 0 Å². The average molecular weight is 334 g/mol. The molecule has 0 aliphatic rings. The van der Waals surface area contributed by atoms with Crippen LogP contribution >= 0.6 is 31.9 Å². The molecule has 0 amide bonds. The Morgan fingerprint density at radius 3 is 2.33 bits per heavy atom. The van der Waals surface area contributed by atoms with Gasteiger partial charge >= 0.3 is 0 Å². The highest BCUT2D eigenvalue weighted by molar-refractivity contribution is 9.10. The summed E-state index contributed by atoms with van der Waals surface area (Å²) in [5.74, 6) is 0.749. The van der Waals surface area contributed by atoms with Crippen molar-refractivity contribution in [2.24, 2.45) is 5.92 Å². The number of alkyl halides is 1. The third-order valence-corrected chi connectivity index (χ3v) is 4.46. The molecule has 0 spiro atoms. The van der Waals surface area contributed by atoms with Crippen molar-refractivity contribution in [3.63, 3.8) is 0 Å². The predicted octanol–water partition coefficient (Wildman–Crippen LogP) is 5.19. The highest BCUT2D eigenvalue weighted by atomic mass is 79.9. The van der Waals surface area contributed by atoms with Gasteiger partial charge in [0.2, 0.25) is 0 Å². The van der Waals surface area contributed by atoms with E-state index in [1.54, 1.807) is 0 Å². The van der Waals surface area contributed by atoms with Gasteiger partial charge in [-0.05, 0) is 36.5 Å². The summed E-state index contributed by atoms with van der Waals surface area (Å²) >= 11 is 7.24. The molecule has 0 nitrogen and oxygen atoms in total. The third-order valence-electron chi connectivity index (χ3n) is 2.71. The first-order chi connectivity index (χ1) is 7.13. The van der Waals surface area contributed by atoms with Gasteiger partial charge in [-0.1, -0.05) is 64.3 Å². The molecule has 2 unspecified atom stereocenters. The minimum atomic E-state index is 0.596. The molecule has 2 atom stereocenters. The van der Waals surface area contributed by atoms with E-state index in [1.807, 2.05) is 0 Å². The van der Waals surface area contributed by atoms with Crippen LogP contribution in [0.4, 0.5) is 0 Å². The van der Waals surface area contributed by atoms with Gasteiger partial charge in [-0.2, -0.15) is 0 Å². The second kappa shape index (κ2) is 6.70. The number of hydrogen-bond acceptors (Lipinski definition) is 0. The Balaban J connectivity index is 2.50. The summed E-state index contributed by atoms with van der Waals surface area (Å²) in [5, 5.41) is 0. The number of rotatable bonds is 5. The zero-order valence-electron chi connectivity index (χ0n) is 9.34. The van der Waals surface area contributed by atoms with Crippen molar-refractivity contribution in [2.75, 3.05) is 0 Å². The number of benzene rings is 1. The van der Waals surface area contributed by atoms with E-state index in [9.17, 15) is 0 Å². The molecule has 0 radical (unpaired) electrons. The summed E-state index contributed by atoms with van der Waals surface area (Å²) in [7, 11) is 0. The Labute approximate surface area is 110 Å². The summed E-state index contributed by atoms with van der Waals surface area (Å²) in [6.07, 6.45) is 3.69. The maximum absolute atomic E-state index is 3.79. The van der Waals surface area contributed by atoms with E-state index in [1.165, 1.54) is 18.4 Å². The summed E-state index contributed by atoms with van der Waals surface area (Å²) in [4.78, 5) is 0.596. The van der Waals surface area contributed by atoms with Gasteiger partial charge < -0.3 is 0 Å². The summed E-state index contributed by atoms with van der Waals surface area (Å²) in [6.45, 7) is 4.57. The van der Waals surface area contributed by atoms with E-state index in [0.717, 1.165) is 16.8 Å². The summed E-state index contributed by atoms with van der Waals surface area (Å²) in [5.41, 5.74) is 1.41. The topological polar surface area (TPSA) is 0 Å². The summed E-state index contributed by atoms with van der Waals surface area (Å²) in [6, 6.07) is 8.60. The molecule has 0 heterocycles. The van der Waals surface area contributed by atoms with Crippen LogP contribution in [0, 0.1) is 5.92 Å². The second-order valence-corrected chi connectivity index (χ2v) is 6.20. The van der Waals surface area contributed by atoms with E-state index in [4.69, 9.17) is 0 Å². The maximum Gasteiger partial charge on any atom is 0.0211 e. The quantitative estimate of drug-likeness (QED) is 0.650. The molecular formula is C13H18Br2. The van der Waals surface area contributed by atoms with Crippen LogP contribution in [-0.4, -0.2) is 4.83 Å². The van der Waals surface area contributed by atoms with Crippen molar-refractivity contribution in [3.05, 3.63) is 34.3 Å². The fourth-order valence-electron chi connectivity index (χ4n) is 1.68. The molecule has 0 aliphatic carbocycles. The van der Waals surface area contributed by atoms with Gasteiger partial charge in [-0.25, -0.2) is 0 Å². The highest BCUT2D eigenvalue weighted by Gasteiger charge is 2.13. The maximum atomic E-state index is 3.79. The smallest absolute Gasteiger partial charge is 0.0211 e. The molecule has 0 fully saturated rings. The van der Waals surface area contributed by atoms with Gasteiger partial charge in [0.05, 0.1) is 0 Å². The Morgan fingerprint density at radius 2 is 1.80 bits per heavy atom. The van der Waals surface area contributed by atoms with Gasteiger partial charge in [0.25, 0.3) is 0 Å². The van der Waals surface area contributed by atoms with Crippen molar-refractivity contribution < 1.29 is 0 Å². The molecule has 0 saturated carbocycles. The number of hydrogen-bond donors (Lipinski definition) is 0. The van der Waals surface area contributed by atoms with E-state index in [0.29, 0.717) is 4.83 Å². The van der Waals surface area contributed by atoms with Crippen LogP contribution in [0.15, 0.2) is 28.7 Å². The fraction of sp³-hybridized carbons (Fsp3) is 0.538. The SMILES string of the molecule is CCCC(C)C(Br)Cc1ccc(Br)cc1. The average Bonchev–Trinajstić information content (AvgIpc) is 2.22. The molecule has 2 heteroatoms. The van der Waals surface area contributed by atoms with Crippen LogP contribution in [0.5, 0.6) is 0 Å². The first kappa shape index (κ1) is 13.2. The molecule has 84 valence electrons. The van der Waals surface area contributed by atoms with Gasteiger partial charge in [-0.15, -0.1) is 0 Å². The van der Waals surface area contributed by atoms with Crippen LogP contribution in [-0.2, 0) is 6.42 Å². The van der Waals surface area contributed by atoms with E-state index in [2.05, 4.69) is 70.0 Å². The zero-order valence-corrected chi connectivity index (χ0v) is 12.5. The monoisotopic (exact) mass is 332 g/mol. The Bertz CT molecular complexity index is 279. The number of halogens is 2. The Kier molecular flexibility index (Phi) is 5.91. The highest BCUT2D eigenvalue weighted by Crippen LogP contribution is 2.22. The minimum absolute atomic E-state index is 0.596. The summed E-state index contributed by atoms with van der Waals surface area (Å²) < 4.78 is 1.15. The van der Waals surface area contributed by atoms with Crippen molar-refractivity contribution in [2.45, 2.75) is 37.9 Å². The second-order valence-electron chi connectivity index (χ2n) is 4.11. The molecule has 0 saturated heterocycles. The van der Waals surface area contributed by atoms with Gasteiger partial charge in [0.1, 0.15) is 0 Å². The molecule has 1 aromatic rings. The lowest BCUT2D eigenvalue weighted by Crippen LogP contribution is -2.13. The first-order valence-corrected chi connectivity index (χ1v) is 7.23. The standard InChI is InChI=1S/C13H18Br2/c1-3-4-10(2)13(15)9-11-5-7-12(14)8-6-11/h5-8,10,13H,3-4,9H2,1-2H3. The largest absolute Gasteiger partial charge is 0.0884 e. The van der Waals surface area contributed by atoms with Gasteiger partial charge in [-0.3, -0.25) is 0 Å². The zero-order chi connectivity index (χ0) is 11.3. The Morgan fingerprint density at radius 1 is 1.20 bits per heavy atom. The minimum Gasteiger partial charge on any atom is -0.0884 e. The lowest BCUT2D eigenvalue weighted by Gasteiger charge is -2.17. The lowest BCUT2D eigenvalue weighted by atomic mass is 9.97. The fourth-order valence-corrected chi connectivity index (χ4v) is 2.59. The van der Waals surface area contributed by atoms with Crippen molar-refractivity contribution >= 4 is 31.9 Å². The van der Waals surface area contributed by atoms with Crippen LogP contribution < -0.4 is 0 Å². The van der Waals surface area contributed by atoms with Crippen LogP contribution in [0.2, 0.25) is 0 Å². The molecule has 0 aliphatic heterocycles. The molecule has 0 aromatic heterocycles. The molecule has 0 bridgehead atoms. The van der Waals surface area contributed by atoms with E-state index < -0.39 is 0 Å². The van der Waals surface area contributed by atoms with E-state index in [-0.39, 0.29) is 0 Å². The van der Waals surface area contributed by atoms with Crippen molar-refractivity contribution in [1.29, 1.82) is 0 Å². The molecular weight excluding hydrogens is 316 g/mol. The Hall–Kier alpha value is 0.180. The predicted molar refractivity (Wildman–Crippen MR) is 74.6 cm³/mol. The molecule has 15 heavy (non-hydrogen) atoms. The molecule has 0 N–H and O–H groups in total. The first-order valence-electron chi connectivity index (χ1n) is 5.52. The normalized spacial score (nSPS) is 14.9. The molecule has 1 aromatic carbocycles. The third kappa shape index (κ3) is 4.69. The van der Waals surface area contributed by atoms with E-state index >= 15 is 0 Å². The van der Waals surface area contributed by atoms with Gasteiger partial charge in [0, 0.05) is 9.30 Å². The van der Waals surface area contributed by atoms with Crippen molar-refractivity contribution in [1.82, 2.24) is 0 Å². The lowest BCUT2D eigenvalue weighted by molar-refractivity contribution is 0.505. The molecule has 1 rings (SSSR count).